The van der Waals surface area contributed by atoms with Crippen molar-refractivity contribution in [2.24, 2.45) is 0 Å². The van der Waals surface area contributed by atoms with Gasteiger partial charge in [-0.05, 0) is 18.9 Å². The van der Waals surface area contributed by atoms with Gasteiger partial charge < -0.3 is 5.73 Å². The molecule has 2 aromatic rings. The number of nitrogens with two attached hydrogens (primary N) is 1. The van der Waals surface area contributed by atoms with Gasteiger partial charge in [0.15, 0.2) is 0 Å². The fourth-order valence-electron chi connectivity index (χ4n) is 1.90. The van der Waals surface area contributed by atoms with E-state index in [4.69, 9.17) is 5.73 Å². The summed E-state index contributed by atoms with van der Waals surface area (Å²) in [4.78, 5) is 8.57. The molecule has 0 fully saturated rings. The normalized spacial score (nSPS) is 10.8. The highest BCUT2D eigenvalue weighted by molar-refractivity contribution is 5.81. The van der Waals surface area contributed by atoms with Crippen LogP contribution in [0.5, 0.6) is 0 Å². The third-order valence-corrected chi connectivity index (χ3v) is 2.72. The lowest BCUT2D eigenvalue weighted by Crippen LogP contribution is -2.00. The molecule has 0 spiro atoms. The summed E-state index contributed by atoms with van der Waals surface area (Å²) in [7, 11) is 0. The Labute approximate surface area is 95.7 Å². The van der Waals surface area contributed by atoms with Crippen LogP contribution >= 0.6 is 0 Å². The van der Waals surface area contributed by atoms with Crippen molar-refractivity contribution < 1.29 is 0 Å². The van der Waals surface area contributed by atoms with E-state index in [1.165, 1.54) is 12.8 Å². The van der Waals surface area contributed by atoms with Crippen LogP contribution in [0.2, 0.25) is 0 Å². The summed E-state index contributed by atoms with van der Waals surface area (Å²) in [6.45, 7) is 2.20. The van der Waals surface area contributed by atoms with Gasteiger partial charge in [0.1, 0.15) is 0 Å². The summed E-state index contributed by atoms with van der Waals surface area (Å²) in [5, 5.41) is 1.13. The predicted octanol–water partition coefficient (Wildman–Crippen LogP) is 2.94. The van der Waals surface area contributed by atoms with Crippen LogP contribution in [0.15, 0.2) is 24.3 Å². The van der Waals surface area contributed by atoms with Crippen LogP contribution in [-0.4, -0.2) is 9.97 Å². The van der Waals surface area contributed by atoms with E-state index in [9.17, 15) is 0 Å². The van der Waals surface area contributed by atoms with Gasteiger partial charge in [0.25, 0.3) is 0 Å². The summed E-state index contributed by atoms with van der Waals surface area (Å²) in [6, 6.07) is 8.04. The van der Waals surface area contributed by atoms with E-state index in [-0.39, 0.29) is 0 Å². The molecule has 3 heteroatoms. The first-order valence-electron chi connectivity index (χ1n) is 5.82. The number of anilines is 1. The van der Waals surface area contributed by atoms with Gasteiger partial charge in [-0.2, -0.15) is 0 Å². The van der Waals surface area contributed by atoms with Crippen molar-refractivity contribution in [3.63, 3.8) is 0 Å². The van der Waals surface area contributed by atoms with Gasteiger partial charge >= 0.3 is 0 Å². The van der Waals surface area contributed by atoms with E-state index in [1.807, 2.05) is 18.2 Å². The molecule has 3 nitrogen and oxygen atoms in total. The molecule has 16 heavy (non-hydrogen) atoms. The standard InChI is InChI=1S/C13H17N3/c1-2-3-4-8-11-10-7-5-6-9-12(10)16-13(14)15-11/h5-7,9H,2-4,8H2,1H3,(H2,14,15,16). The molecule has 0 amide bonds. The number of hydrogen-bond donors (Lipinski definition) is 1. The Hall–Kier alpha value is -1.64. The second-order valence-corrected chi connectivity index (χ2v) is 4.00. The number of para-hydroxylation sites is 1. The summed E-state index contributed by atoms with van der Waals surface area (Å²) < 4.78 is 0. The number of hydrogen-bond acceptors (Lipinski definition) is 3. The maximum Gasteiger partial charge on any atom is 0.220 e. The molecule has 0 radical (unpaired) electrons. The van der Waals surface area contributed by atoms with Gasteiger partial charge in [-0.1, -0.05) is 38.0 Å². The van der Waals surface area contributed by atoms with E-state index in [2.05, 4.69) is 23.0 Å². The Balaban J connectivity index is 2.34. The van der Waals surface area contributed by atoms with Crippen molar-refractivity contribution in [1.82, 2.24) is 9.97 Å². The number of fused-ring (bicyclic) bond motifs is 1. The van der Waals surface area contributed by atoms with Gasteiger partial charge in [0.05, 0.1) is 11.2 Å². The third kappa shape index (κ3) is 2.30. The van der Waals surface area contributed by atoms with Crippen molar-refractivity contribution in [2.75, 3.05) is 5.73 Å². The topological polar surface area (TPSA) is 51.8 Å². The summed E-state index contributed by atoms with van der Waals surface area (Å²) >= 11 is 0. The van der Waals surface area contributed by atoms with Gasteiger partial charge in [-0.15, -0.1) is 0 Å². The second kappa shape index (κ2) is 4.92. The van der Waals surface area contributed by atoms with Crippen LogP contribution in [0, 0.1) is 0 Å². The first-order chi connectivity index (χ1) is 7.81. The Kier molecular flexibility index (Phi) is 3.34. The summed E-state index contributed by atoms with van der Waals surface area (Å²) in [5.74, 6) is 0.380. The lowest BCUT2D eigenvalue weighted by molar-refractivity contribution is 0.710. The van der Waals surface area contributed by atoms with Crippen LogP contribution in [0.25, 0.3) is 10.9 Å². The highest BCUT2D eigenvalue weighted by Gasteiger charge is 2.04. The largest absolute Gasteiger partial charge is 0.368 e. The molecule has 2 N–H and O–H groups in total. The minimum atomic E-state index is 0.380. The molecule has 0 aliphatic rings. The average molecular weight is 215 g/mol. The number of benzene rings is 1. The van der Waals surface area contributed by atoms with Gasteiger partial charge in [-0.3, -0.25) is 0 Å². The molecule has 0 aliphatic carbocycles. The number of nitrogen functional groups attached to an aromatic ring is 1. The monoisotopic (exact) mass is 215 g/mol. The van der Waals surface area contributed by atoms with Crippen LogP contribution < -0.4 is 5.73 Å². The van der Waals surface area contributed by atoms with Crippen molar-refractivity contribution >= 4 is 16.9 Å². The van der Waals surface area contributed by atoms with Crippen LogP contribution in [0.4, 0.5) is 5.95 Å². The van der Waals surface area contributed by atoms with E-state index in [0.717, 1.165) is 29.4 Å². The van der Waals surface area contributed by atoms with Crippen molar-refractivity contribution in [1.29, 1.82) is 0 Å². The molecule has 0 saturated carbocycles. The minimum absolute atomic E-state index is 0.380. The quantitative estimate of drug-likeness (QED) is 0.798. The fourth-order valence-corrected chi connectivity index (χ4v) is 1.90. The van der Waals surface area contributed by atoms with E-state index in [1.54, 1.807) is 0 Å². The Morgan fingerprint density at radius 2 is 1.94 bits per heavy atom. The molecular formula is C13H17N3. The molecule has 1 aromatic heterocycles. The number of unbranched alkanes of at least 4 members (excludes halogenated alkanes) is 2. The zero-order valence-corrected chi connectivity index (χ0v) is 9.61. The maximum absolute atomic E-state index is 5.71. The minimum Gasteiger partial charge on any atom is -0.368 e. The third-order valence-electron chi connectivity index (χ3n) is 2.72. The molecule has 2 rings (SSSR count). The van der Waals surface area contributed by atoms with Crippen molar-refractivity contribution in [2.45, 2.75) is 32.6 Å². The van der Waals surface area contributed by atoms with E-state index >= 15 is 0 Å². The lowest BCUT2D eigenvalue weighted by atomic mass is 10.1. The Morgan fingerprint density at radius 3 is 2.75 bits per heavy atom. The predicted molar refractivity (Wildman–Crippen MR) is 67.2 cm³/mol. The van der Waals surface area contributed by atoms with Crippen LogP contribution in [0.1, 0.15) is 31.9 Å². The maximum atomic E-state index is 5.71. The van der Waals surface area contributed by atoms with Gasteiger partial charge in [-0.25, -0.2) is 9.97 Å². The molecule has 0 atom stereocenters. The van der Waals surface area contributed by atoms with Gasteiger partial charge in [0, 0.05) is 5.39 Å². The second-order valence-electron chi connectivity index (χ2n) is 4.00. The molecule has 1 heterocycles. The molecule has 84 valence electrons. The van der Waals surface area contributed by atoms with Gasteiger partial charge in [0.2, 0.25) is 5.95 Å². The molecule has 0 bridgehead atoms. The van der Waals surface area contributed by atoms with Crippen molar-refractivity contribution in [3.8, 4) is 0 Å². The number of nitrogens with zero attached hydrogens (tertiary/aromatic N) is 2. The zero-order valence-electron chi connectivity index (χ0n) is 9.61. The zero-order chi connectivity index (χ0) is 11.4. The SMILES string of the molecule is CCCCCc1nc(N)nc2ccccc12. The molecule has 0 aliphatic heterocycles. The smallest absolute Gasteiger partial charge is 0.220 e. The Morgan fingerprint density at radius 1 is 1.12 bits per heavy atom. The number of aryl methyl sites for hydroxylation is 1. The Bertz CT molecular complexity index is 480. The van der Waals surface area contributed by atoms with Crippen LogP contribution in [0.3, 0.4) is 0 Å². The molecule has 0 unspecified atom stereocenters. The van der Waals surface area contributed by atoms with Crippen molar-refractivity contribution in [3.05, 3.63) is 30.0 Å². The highest BCUT2D eigenvalue weighted by Crippen LogP contribution is 2.18. The fraction of sp³-hybridized carbons (Fsp3) is 0.385. The highest BCUT2D eigenvalue weighted by atomic mass is 15.0. The average Bonchev–Trinajstić information content (AvgIpc) is 2.29. The number of aromatic nitrogens is 2. The lowest BCUT2D eigenvalue weighted by Gasteiger charge is -2.05. The van der Waals surface area contributed by atoms with E-state index < -0.39 is 0 Å². The first kappa shape index (κ1) is 10.9. The van der Waals surface area contributed by atoms with Crippen LogP contribution in [-0.2, 0) is 6.42 Å². The molecule has 1 aromatic carbocycles. The van der Waals surface area contributed by atoms with E-state index in [0.29, 0.717) is 5.95 Å². The number of rotatable bonds is 4. The summed E-state index contributed by atoms with van der Waals surface area (Å²) in [6.07, 6.45) is 4.61. The molecular weight excluding hydrogens is 198 g/mol. The summed E-state index contributed by atoms with van der Waals surface area (Å²) in [5.41, 5.74) is 7.73. The first-order valence-corrected chi connectivity index (χ1v) is 5.82. The molecule has 0 saturated heterocycles.